The highest BCUT2D eigenvalue weighted by Crippen LogP contribution is 2.24. The number of hydrogen-bond donors (Lipinski definition) is 4. The molecule has 4 N–H and O–H groups in total. The van der Waals surface area contributed by atoms with Crippen molar-refractivity contribution >= 4 is 33.4 Å². The van der Waals surface area contributed by atoms with E-state index >= 15 is 0 Å². The first kappa shape index (κ1) is 20.8. The number of carbonyl (C=O) groups is 1. The Balaban J connectivity index is 2.20. The molecule has 0 spiro atoms. The maximum absolute atomic E-state index is 13.8. The lowest BCUT2D eigenvalue weighted by Crippen LogP contribution is -2.54. The highest BCUT2D eigenvalue weighted by Gasteiger charge is 2.35. The van der Waals surface area contributed by atoms with Gasteiger partial charge in [0.25, 0.3) is 5.56 Å². The predicted molar refractivity (Wildman–Crippen MR) is 106 cm³/mol. The first-order valence-corrected chi connectivity index (χ1v) is 9.58. The second-order valence-electron chi connectivity index (χ2n) is 5.77. The van der Waals surface area contributed by atoms with E-state index in [0.29, 0.717) is 11.2 Å². The molecule has 0 unspecified atom stereocenters. The van der Waals surface area contributed by atoms with Crippen molar-refractivity contribution in [1.29, 1.82) is 0 Å². The minimum atomic E-state index is -5.32. The molecular formula is C17H14FN5O6S. The first-order valence-electron chi connectivity index (χ1n) is 8.18. The summed E-state index contributed by atoms with van der Waals surface area (Å²) in [6, 6.07) is 10.9. The van der Waals surface area contributed by atoms with Crippen LogP contribution in [0.1, 0.15) is 0 Å². The number of benzene rings is 2. The van der Waals surface area contributed by atoms with Gasteiger partial charge in [-0.2, -0.15) is 13.4 Å². The normalized spacial score (nSPS) is 11.0. The van der Waals surface area contributed by atoms with Gasteiger partial charge in [-0.3, -0.25) is 14.3 Å². The molecule has 2 aromatic carbocycles. The smallest absolute Gasteiger partial charge is 0.312 e. The van der Waals surface area contributed by atoms with Crippen LogP contribution in [-0.4, -0.2) is 29.0 Å². The molecule has 156 valence electrons. The fourth-order valence-corrected chi connectivity index (χ4v) is 3.25. The minimum absolute atomic E-state index is 0.0746. The molecule has 2 amide bonds. The number of aromatic amines is 2. The average Bonchev–Trinajstić information content (AvgIpc) is 2.66. The monoisotopic (exact) mass is 435 g/mol. The molecule has 3 aromatic rings. The molecule has 1 heterocycles. The van der Waals surface area contributed by atoms with Gasteiger partial charge in [-0.25, -0.2) is 14.0 Å². The highest BCUT2D eigenvalue weighted by molar-refractivity contribution is 7.87. The molecule has 0 aliphatic carbocycles. The summed E-state index contributed by atoms with van der Waals surface area (Å²) < 4.78 is 47.8. The van der Waals surface area contributed by atoms with E-state index in [2.05, 4.69) is 5.32 Å². The number of hydrazine groups is 1. The van der Waals surface area contributed by atoms with Gasteiger partial charge >= 0.3 is 22.0 Å². The lowest BCUT2D eigenvalue weighted by atomic mass is 10.3. The van der Waals surface area contributed by atoms with Crippen molar-refractivity contribution in [3.8, 4) is 0 Å². The largest absolute Gasteiger partial charge is 0.378 e. The quantitative estimate of drug-likeness (QED) is 0.351. The molecule has 0 saturated carbocycles. The Hall–Kier alpha value is -3.97. The summed E-state index contributed by atoms with van der Waals surface area (Å²) in [5.74, 6) is -0.823. The molecule has 0 atom stereocenters. The number of aromatic nitrogens is 2. The van der Waals surface area contributed by atoms with Crippen molar-refractivity contribution < 1.29 is 22.2 Å². The topological polar surface area (TPSA) is 156 Å². The van der Waals surface area contributed by atoms with E-state index in [0.717, 1.165) is 12.1 Å². The Morgan fingerprint density at radius 3 is 2.37 bits per heavy atom. The van der Waals surface area contributed by atoms with E-state index in [1.807, 2.05) is 4.98 Å². The van der Waals surface area contributed by atoms with Gasteiger partial charge in [0.05, 0.1) is 5.69 Å². The van der Waals surface area contributed by atoms with Gasteiger partial charge in [0.2, 0.25) is 0 Å². The van der Waals surface area contributed by atoms with Gasteiger partial charge in [-0.05, 0) is 30.3 Å². The van der Waals surface area contributed by atoms with Crippen molar-refractivity contribution in [2.75, 3.05) is 14.7 Å². The number of nitrogens with one attached hydrogen (secondary N) is 3. The van der Waals surface area contributed by atoms with Gasteiger partial charge in [0.1, 0.15) is 5.82 Å². The Labute approximate surface area is 168 Å². The van der Waals surface area contributed by atoms with Crippen molar-refractivity contribution in [3.05, 3.63) is 87.4 Å². The standard InChI is InChI=1S/C17H14FN5O6S/c18-11-5-4-8-13(9-11)22(17(26)20-12-6-2-1-3-7-12)23(30(27,28)29)14-10-19-16(25)21-15(14)24/h1-10H,(H,20,26)(H,27,28,29)(H2,19,21,24,25). The molecule has 0 fully saturated rings. The number of carbonyl (C=O) groups excluding carboxylic acids is 1. The number of H-pyrrole nitrogens is 2. The molecule has 3 rings (SSSR count). The fourth-order valence-electron chi connectivity index (χ4n) is 2.49. The summed E-state index contributed by atoms with van der Waals surface area (Å²) in [4.78, 5) is 40.3. The van der Waals surface area contributed by atoms with Crippen LogP contribution in [0, 0.1) is 5.82 Å². The summed E-state index contributed by atoms with van der Waals surface area (Å²) in [6.45, 7) is 0. The Kier molecular flexibility index (Phi) is 5.66. The van der Waals surface area contributed by atoms with Crippen molar-refractivity contribution in [2.24, 2.45) is 0 Å². The molecular weight excluding hydrogens is 421 g/mol. The SMILES string of the molecule is O=C(Nc1ccccc1)N(c1cccc(F)c1)N(c1c[nH]c(=O)[nH]c1=O)S(=O)(=O)O. The van der Waals surface area contributed by atoms with Crippen LogP contribution in [0.4, 0.5) is 26.2 Å². The fraction of sp³-hybridized carbons (Fsp3) is 0. The molecule has 30 heavy (non-hydrogen) atoms. The number of nitrogens with zero attached hydrogens (tertiary/aromatic N) is 2. The van der Waals surface area contributed by atoms with Crippen molar-refractivity contribution in [2.45, 2.75) is 0 Å². The van der Waals surface area contributed by atoms with Crippen LogP contribution in [0.15, 0.2) is 70.4 Å². The van der Waals surface area contributed by atoms with Crippen molar-refractivity contribution in [3.63, 3.8) is 0 Å². The third-order valence-electron chi connectivity index (χ3n) is 3.68. The van der Waals surface area contributed by atoms with E-state index < -0.39 is 39.1 Å². The zero-order valence-corrected chi connectivity index (χ0v) is 15.8. The van der Waals surface area contributed by atoms with Gasteiger partial charge in [-0.1, -0.05) is 24.3 Å². The number of rotatable bonds is 5. The summed E-state index contributed by atoms with van der Waals surface area (Å²) >= 11 is 0. The summed E-state index contributed by atoms with van der Waals surface area (Å²) in [6.07, 6.45) is 0.678. The second-order valence-corrected chi connectivity index (χ2v) is 7.01. The van der Waals surface area contributed by atoms with Crippen LogP contribution in [0.3, 0.4) is 0 Å². The predicted octanol–water partition coefficient (Wildman–Crippen LogP) is 1.47. The zero-order valence-electron chi connectivity index (χ0n) is 14.9. The maximum Gasteiger partial charge on any atom is 0.378 e. The van der Waals surface area contributed by atoms with E-state index in [4.69, 9.17) is 0 Å². The van der Waals surface area contributed by atoms with Gasteiger partial charge in [0.15, 0.2) is 5.69 Å². The third-order valence-corrected chi connectivity index (χ3v) is 4.47. The number of halogens is 1. The van der Waals surface area contributed by atoms with Crippen LogP contribution in [0.2, 0.25) is 0 Å². The van der Waals surface area contributed by atoms with Crippen molar-refractivity contribution in [1.82, 2.24) is 9.97 Å². The Bertz CT molecular complexity index is 1290. The van der Waals surface area contributed by atoms with Gasteiger partial charge < -0.3 is 10.3 Å². The number of anilines is 3. The number of amides is 2. The van der Waals surface area contributed by atoms with E-state index in [9.17, 15) is 31.7 Å². The molecule has 0 bridgehead atoms. The van der Waals surface area contributed by atoms with Crippen LogP contribution < -0.4 is 26.0 Å². The third kappa shape index (κ3) is 4.53. The molecule has 0 aliphatic rings. The lowest BCUT2D eigenvalue weighted by molar-refractivity contribution is 0.257. The van der Waals surface area contributed by atoms with Crippen LogP contribution in [0.25, 0.3) is 0 Å². The average molecular weight is 435 g/mol. The lowest BCUT2D eigenvalue weighted by Gasteiger charge is -2.32. The molecule has 0 saturated heterocycles. The van der Waals surface area contributed by atoms with E-state index in [1.165, 1.54) is 24.3 Å². The Morgan fingerprint density at radius 1 is 1.07 bits per heavy atom. The zero-order chi connectivity index (χ0) is 21.9. The van der Waals surface area contributed by atoms with Gasteiger partial charge in [0, 0.05) is 11.9 Å². The molecule has 0 radical (unpaired) electrons. The second kappa shape index (κ2) is 8.18. The number of para-hydroxylation sites is 1. The van der Waals surface area contributed by atoms with Crippen LogP contribution in [-0.2, 0) is 10.3 Å². The maximum atomic E-state index is 13.8. The van der Waals surface area contributed by atoms with Crippen LogP contribution >= 0.6 is 0 Å². The highest BCUT2D eigenvalue weighted by atomic mass is 32.2. The first-order chi connectivity index (χ1) is 14.2. The minimum Gasteiger partial charge on any atom is -0.312 e. The van der Waals surface area contributed by atoms with Gasteiger partial charge in [-0.15, -0.1) is 4.41 Å². The van der Waals surface area contributed by atoms with E-state index in [-0.39, 0.29) is 15.8 Å². The summed E-state index contributed by atoms with van der Waals surface area (Å²) in [5, 5.41) is 2.70. The summed E-state index contributed by atoms with van der Waals surface area (Å²) in [5.41, 5.74) is -3.11. The van der Waals surface area contributed by atoms with Crippen LogP contribution in [0.5, 0.6) is 0 Å². The molecule has 11 nitrogen and oxygen atoms in total. The molecule has 0 aliphatic heterocycles. The number of urea groups is 1. The molecule has 13 heteroatoms. The Morgan fingerprint density at radius 2 is 1.77 bits per heavy atom. The van der Waals surface area contributed by atoms with E-state index in [1.54, 1.807) is 23.2 Å². The molecule has 1 aromatic heterocycles. The number of hydrogen-bond acceptors (Lipinski definition) is 5. The summed E-state index contributed by atoms with van der Waals surface area (Å²) in [7, 11) is -5.32.